The Kier molecular flexibility index (Phi) is 5.14. The molecule has 21 heavy (non-hydrogen) atoms. The van der Waals surface area contributed by atoms with Gasteiger partial charge in [-0.15, -0.1) is 12.6 Å². The van der Waals surface area contributed by atoms with Gasteiger partial charge in [0.2, 0.25) is 0 Å². The second-order valence-corrected chi connectivity index (χ2v) is 5.58. The second kappa shape index (κ2) is 6.87. The van der Waals surface area contributed by atoms with Crippen LogP contribution in [0.5, 0.6) is 11.5 Å². The summed E-state index contributed by atoms with van der Waals surface area (Å²) in [5, 5.41) is 2.80. The van der Waals surface area contributed by atoms with E-state index in [2.05, 4.69) is 33.9 Å². The maximum Gasteiger partial charge on any atom is 0.256 e. The molecule has 0 spiro atoms. The van der Waals surface area contributed by atoms with Gasteiger partial charge in [0.05, 0.1) is 25.5 Å². The third-order valence-electron chi connectivity index (χ3n) is 2.86. The number of ether oxygens (including phenoxy) is 2. The molecule has 0 bridgehead atoms. The largest absolute Gasteiger partial charge is 0.497 e. The van der Waals surface area contributed by atoms with E-state index in [1.807, 2.05) is 0 Å². The molecule has 2 aromatic rings. The van der Waals surface area contributed by atoms with Crippen molar-refractivity contribution in [3.63, 3.8) is 0 Å². The van der Waals surface area contributed by atoms with E-state index in [0.717, 1.165) is 4.47 Å². The van der Waals surface area contributed by atoms with Crippen LogP contribution in [0.4, 0.5) is 5.69 Å². The molecular formula is C15H14BrNO3S. The topological polar surface area (TPSA) is 47.6 Å². The fourth-order valence-corrected chi connectivity index (χ4v) is 2.65. The van der Waals surface area contributed by atoms with Crippen LogP contribution in [0, 0.1) is 0 Å². The smallest absolute Gasteiger partial charge is 0.256 e. The number of rotatable bonds is 4. The second-order valence-electron chi connectivity index (χ2n) is 4.18. The minimum Gasteiger partial charge on any atom is -0.497 e. The number of anilines is 1. The zero-order valence-electron chi connectivity index (χ0n) is 11.5. The third-order valence-corrected chi connectivity index (χ3v) is 3.72. The minimum absolute atomic E-state index is 0.265. The summed E-state index contributed by atoms with van der Waals surface area (Å²) in [6.45, 7) is 0. The molecule has 2 rings (SSSR count). The number of halogens is 1. The molecule has 0 radical (unpaired) electrons. The Hall–Kier alpha value is -1.66. The molecule has 6 heteroatoms. The van der Waals surface area contributed by atoms with E-state index in [1.54, 1.807) is 50.6 Å². The van der Waals surface area contributed by atoms with Crippen LogP contribution in [0.3, 0.4) is 0 Å². The SMILES string of the molecule is COc1ccc(OC)c(NC(=O)c2ccc(Br)cc2S)c1. The number of amides is 1. The summed E-state index contributed by atoms with van der Waals surface area (Å²) >= 11 is 7.65. The molecule has 0 aliphatic heterocycles. The average molecular weight is 368 g/mol. The predicted molar refractivity (Wildman–Crippen MR) is 88.9 cm³/mol. The van der Waals surface area contributed by atoms with Gasteiger partial charge < -0.3 is 14.8 Å². The van der Waals surface area contributed by atoms with E-state index >= 15 is 0 Å². The molecule has 0 atom stereocenters. The Morgan fingerprint density at radius 2 is 1.90 bits per heavy atom. The van der Waals surface area contributed by atoms with Crippen molar-refractivity contribution in [2.45, 2.75) is 4.90 Å². The lowest BCUT2D eigenvalue weighted by atomic mass is 10.2. The first-order valence-electron chi connectivity index (χ1n) is 6.07. The van der Waals surface area contributed by atoms with Crippen LogP contribution in [0.15, 0.2) is 45.8 Å². The minimum atomic E-state index is -0.265. The van der Waals surface area contributed by atoms with Crippen molar-refractivity contribution in [2.75, 3.05) is 19.5 Å². The molecule has 0 aliphatic carbocycles. The van der Waals surface area contributed by atoms with Crippen molar-refractivity contribution in [1.29, 1.82) is 0 Å². The van der Waals surface area contributed by atoms with Crippen LogP contribution < -0.4 is 14.8 Å². The van der Waals surface area contributed by atoms with Crippen LogP contribution in [0.2, 0.25) is 0 Å². The number of hydrogen-bond donors (Lipinski definition) is 2. The van der Waals surface area contributed by atoms with E-state index < -0.39 is 0 Å². The normalized spacial score (nSPS) is 10.1. The Morgan fingerprint density at radius 3 is 2.52 bits per heavy atom. The lowest BCUT2D eigenvalue weighted by molar-refractivity contribution is 0.102. The zero-order valence-corrected chi connectivity index (χ0v) is 14.0. The van der Waals surface area contributed by atoms with Gasteiger partial charge in [-0.3, -0.25) is 4.79 Å². The van der Waals surface area contributed by atoms with E-state index in [4.69, 9.17) is 9.47 Å². The summed E-state index contributed by atoms with van der Waals surface area (Å²) in [4.78, 5) is 12.9. The number of nitrogens with one attached hydrogen (secondary N) is 1. The van der Waals surface area contributed by atoms with Crippen molar-refractivity contribution >= 4 is 40.2 Å². The molecule has 2 aromatic carbocycles. The average Bonchev–Trinajstić information content (AvgIpc) is 2.46. The Morgan fingerprint density at radius 1 is 1.14 bits per heavy atom. The third kappa shape index (κ3) is 3.71. The van der Waals surface area contributed by atoms with Crippen LogP contribution >= 0.6 is 28.6 Å². The molecule has 1 N–H and O–H groups in total. The quantitative estimate of drug-likeness (QED) is 0.802. The Labute approximate surface area is 137 Å². The first-order valence-corrected chi connectivity index (χ1v) is 7.31. The van der Waals surface area contributed by atoms with Gasteiger partial charge in [0, 0.05) is 15.4 Å². The van der Waals surface area contributed by atoms with Crippen molar-refractivity contribution in [1.82, 2.24) is 0 Å². The lowest BCUT2D eigenvalue weighted by Gasteiger charge is -2.12. The van der Waals surface area contributed by atoms with Crippen LogP contribution in [-0.4, -0.2) is 20.1 Å². The molecule has 0 unspecified atom stereocenters. The number of carbonyl (C=O) groups excluding carboxylic acids is 1. The van der Waals surface area contributed by atoms with Crippen LogP contribution in [0.1, 0.15) is 10.4 Å². The standard InChI is InChI=1S/C15H14BrNO3S/c1-19-10-4-6-13(20-2)12(8-10)17-15(18)11-5-3-9(16)7-14(11)21/h3-8,21H,1-2H3,(H,17,18). The van der Waals surface area contributed by atoms with Gasteiger partial charge in [0.1, 0.15) is 11.5 Å². The van der Waals surface area contributed by atoms with Gasteiger partial charge in [-0.2, -0.15) is 0 Å². The van der Waals surface area contributed by atoms with Crippen molar-refractivity contribution in [3.8, 4) is 11.5 Å². The highest BCUT2D eigenvalue weighted by atomic mass is 79.9. The molecule has 0 fully saturated rings. The maximum atomic E-state index is 12.3. The highest BCUT2D eigenvalue weighted by molar-refractivity contribution is 9.10. The van der Waals surface area contributed by atoms with Gasteiger partial charge in [-0.25, -0.2) is 0 Å². The van der Waals surface area contributed by atoms with E-state index in [0.29, 0.717) is 27.6 Å². The highest BCUT2D eigenvalue weighted by Crippen LogP contribution is 2.30. The summed E-state index contributed by atoms with van der Waals surface area (Å²) in [7, 11) is 3.11. The molecule has 0 saturated heterocycles. The first-order chi connectivity index (χ1) is 10.0. The van der Waals surface area contributed by atoms with Gasteiger partial charge in [0.25, 0.3) is 5.91 Å². The molecule has 110 valence electrons. The lowest BCUT2D eigenvalue weighted by Crippen LogP contribution is -2.13. The van der Waals surface area contributed by atoms with Gasteiger partial charge in [0.15, 0.2) is 0 Å². The van der Waals surface area contributed by atoms with Gasteiger partial charge >= 0.3 is 0 Å². The van der Waals surface area contributed by atoms with Crippen molar-refractivity contribution < 1.29 is 14.3 Å². The van der Waals surface area contributed by atoms with Crippen LogP contribution in [-0.2, 0) is 0 Å². The first kappa shape index (κ1) is 15.7. The highest BCUT2D eigenvalue weighted by Gasteiger charge is 2.13. The number of carbonyl (C=O) groups is 1. The molecule has 0 heterocycles. The fraction of sp³-hybridized carbons (Fsp3) is 0.133. The number of benzene rings is 2. The number of hydrogen-bond acceptors (Lipinski definition) is 4. The molecule has 0 aliphatic rings. The van der Waals surface area contributed by atoms with Gasteiger partial charge in [-0.05, 0) is 30.3 Å². The molecular weight excluding hydrogens is 354 g/mol. The van der Waals surface area contributed by atoms with Crippen molar-refractivity contribution in [2.24, 2.45) is 0 Å². The Balaban J connectivity index is 2.30. The summed E-state index contributed by atoms with van der Waals surface area (Å²) in [5.41, 5.74) is 1.02. The van der Waals surface area contributed by atoms with Crippen molar-refractivity contribution in [3.05, 3.63) is 46.4 Å². The summed E-state index contributed by atoms with van der Waals surface area (Å²) in [5.74, 6) is 0.925. The van der Waals surface area contributed by atoms with E-state index in [9.17, 15) is 4.79 Å². The summed E-state index contributed by atoms with van der Waals surface area (Å²) < 4.78 is 11.3. The summed E-state index contributed by atoms with van der Waals surface area (Å²) in [6.07, 6.45) is 0. The maximum absolute atomic E-state index is 12.3. The van der Waals surface area contributed by atoms with Crippen LogP contribution in [0.25, 0.3) is 0 Å². The Bertz CT molecular complexity index is 676. The number of methoxy groups -OCH3 is 2. The zero-order chi connectivity index (χ0) is 15.4. The fourth-order valence-electron chi connectivity index (χ4n) is 1.80. The monoisotopic (exact) mass is 367 g/mol. The molecule has 4 nitrogen and oxygen atoms in total. The predicted octanol–water partition coefficient (Wildman–Crippen LogP) is 4.01. The van der Waals surface area contributed by atoms with Gasteiger partial charge in [-0.1, -0.05) is 15.9 Å². The number of thiol groups is 1. The van der Waals surface area contributed by atoms with E-state index in [1.165, 1.54) is 0 Å². The molecule has 0 saturated carbocycles. The molecule has 1 amide bonds. The molecule has 0 aromatic heterocycles. The van der Waals surface area contributed by atoms with E-state index in [-0.39, 0.29) is 5.91 Å². The summed E-state index contributed by atoms with van der Waals surface area (Å²) in [6, 6.07) is 10.5.